The van der Waals surface area contributed by atoms with Crippen LogP contribution in [0.5, 0.6) is 0 Å². The molecule has 1 atom stereocenters. The van der Waals surface area contributed by atoms with Gasteiger partial charge in [-0.25, -0.2) is 0 Å². The van der Waals surface area contributed by atoms with Crippen LogP contribution in [0.2, 0.25) is 0 Å². The van der Waals surface area contributed by atoms with Crippen LogP contribution in [0.4, 0.5) is 0 Å². The minimum Gasteiger partial charge on any atom is -0.459 e. The molecular formula is C18H17NO3S. The first-order chi connectivity index (χ1) is 11.0. The van der Waals surface area contributed by atoms with Gasteiger partial charge in [-0.1, -0.05) is 18.2 Å². The van der Waals surface area contributed by atoms with Crippen molar-refractivity contribution in [1.29, 1.82) is 0 Å². The van der Waals surface area contributed by atoms with E-state index in [4.69, 9.17) is 4.42 Å². The number of hydrogen-bond donors (Lipinski definition) is 0. The van der Waals surface area contributed by atoms with Crippen LogP contribution < -0.4 is 0 Å². The predicted molar refractivity (Wildman–Crippen MR) is 91.0 cm³/mol. The number of benzene rings is 1. The molecule has 0 spiro atoms. The summed E-state index contributed by atoms with van der Waals surface area (Å²) < 4.78 is 5.84. The maximum atomic E-state index is 12.6. The molecular weight excluding hydrogens is 310 g/mol. The van der Waals surface area contributed by atoms with Gasteiger partial charge in [0.1, 0.15) is 11.3 Å². The molecule has 3 rings (SSSR count). The van der Waals surface area contributed by atoms with Crippen LogP contribution in [0, 0.1) is 0 Å². The monoisotopic (exact) mass is 327 g/mol. The van der Waals surface area contributed by atoms with Gasteiger partial charge < -0.3 is 9.32 Å². The van der Waals surface area contributed by atoms with Crippen LogP contribution in [0.25, 0.3) is 11.0 Å². The zero-order chi connectivity index (χ0) is 16.6. The van der Waals surface area contributed by atoms with Crippen molar-refractivity contribution < 1.29 is 14.0 Å². The molecule has 0 N–H and O–H groups in total. The lowest BCUT2D eigenvalue weighted by atomic mass is 10.2. The van der Waals surface area contributed by atoms with Crippen molar-refractivity contribution in [1.82, 2.24) is 4.90 Å². The van der Waals surface area contributed by atoms with Gasteiger partial charge in [-0.2, -0.15) is 0 Å². The molecule has 2 aromatic heterocycles. The van der Waals surface area contributed by atoms with Crippen molar-refractivity contribution in [2.75, 3.05) is 7.05 Å². The Hall–Kier alpha value is -2.40. The Balaban J connectivity index is 1.84. The smallest absolute Gasteiger partial charge is 0.264 e. The molecule has 1 amide bonds. The van der Waals surface area contributed by atoms with Gasteiger partial charge in [0.05, 0.1) is 15.8 Å². The van der Waals surface area contributed by atoms with E-state index in [2.05, 4.69) is 0 Å². The second-order valence-electron chi connectivity index (χ2n) is 5.50. The number of Topliss-reactive ketones (excluding diaryl/α,β-unsaturated/α-hetero) is 1. The van der Waals surface area contributed by atoms with Crippen LogP contribution in [0.15, 0.2) is 46.9 Å². The number of fused-ring (bicyclic) bond motifs is 1. The molecule has 5 heteroatoms. The highest BCUT2D eigenvalue weighted by atomic mass is 32.1. The van der Waals surface area contributed by atoms with E-state index in [-0.39, 0.29) is 17.7 Å². The zero-order valence-electron chi connectivity index (χ0n) is 13.2. The van der Waals surface area contributed by atoms with Gasteiger partial charge in [0.25, 0.3) is 5.91 Å². The Bertz CT molecular complexity index is 844. The lowest BCUT2D eigenvalue weighted by molar-refractivity contribution is 0.0732. The summed E-state index contributed by atoms with van der Waals surface area (Å²) in [6.07, 6.45) is 0. The van der Waals surface area contributed by atoms with E-state index in [1.807, 2.05) is 37.3 Å². The van der Waals surface area contributed by atoms with Gasteiger partial charge in [0, 0.05) is 12.4 Å². The third-order valence-corrected chi connectivity index (χ3v) is 5.10. The number of carbonyl (C=O) groups excluding carboxylic acids is 2. The highest BCUT2D eigenvalue weighted by Crippen LogP contribution is 2.28. The molecule has 0 aliphatic carbocycles. The van der Waals surface area contributed by atoms with Crippen molar-refractivity contribution in [3.63, 3.8) is 0 Å². The fraction of sp³-hybridized carbons (Fsp3) is 0.222. The van der Waals surface area contributed by atoms with Gasteiger partial charge >= 0.3 is 0 Å². The van der Waals surface area contributed by atoms with E-state index in [1.54, 1.807) is 24.1 Å². The Morgan fingerprint density at radius 2 is 1.83 bits per heavy atom. The first-order valence-corrected chi connectivity index (χ1v) is 8.15. The number of furan rings is 1. The minimum atomic E-state index is -0.197. The summed E-state index contributed by atoms with van der Waals surface area (Å²) in [7, 11) is 1.74. The number of amides is 1. The van der Waals surface area contributed by atoms with Crippen molar-refractivity contribution in [2.24, 2.45) is 0 Å². The topological polar surface area (TPSA) is 50.5 Å². The Labute approximate surface area is 138 Å². The second kappa shape index (κ2) is 6.01. The van der Waals surface area contributed by atoms with Crippen molar-refractivity contribution in [3.05, 3.63) is 58.0 Å². The highest BCUT2D eigenvalue weighted by molar-refractivity contribution is 7.15. The average molecular weight is 327 g/mol. The van der Waals surface area contributed by atoms with E-state index < -0.39 is 0 Å². The summed E-state index contributed by atoms with van der Waals surface area (Å²) >= 11 is 1.22. The zero-order valence-corrected chi connectivity index (χ0v) is 14.0. The van der Waals surface area contributed by atoms with Crippen LogP contribution in [-0.2, 0) is 0 Å². The number of thiophene rings is 1. The second-order valence-corrected chi connectivity index (χ2v) is 6.58. The maximum Gasteiger partial charge on any atom is 0.264 e. The third kappa shape index (κ3) is 2.92. The molecule has 0 aliphatic rings. The Morgan fingerprint density at radius 1 is 1.13 bits per heavy atom. The summed E-state index contributed by atoms with van der Waals surface area (Å²) in [6.45, 7) is 3.43. The molecule has 3 aromatic rings. The van der Waals surface area contributed by atoms with Crippen LogP contribution >= 0.6 is 11.3 Å². The molecule has 0 saturated carbocycles. The molecule has 1 aromatic carbocycles. The van der Waals surface area contributed by atoms with Crippen LogP contribution in [0.3, 0.4) is 0 Å². The van der Waals surface area contributed by atoms with Gasteiger partial charge in [0.15, 0.2) is 5.78 Å². The van der Waals surface area contributed by atoms with E-state index >= 15 is 0 Å². The van der Waals surface area contributed by atoms with Crippen LogP contribution in [-0.4, -0.2) is 23.6 Å². The SMILES string of the molecule is CC(=O)c1ccc(C(=O)N(C)[C@@H](C)c2cc3ccccc3o2)s1. The fourth-order valence-electron chi connectivity index (χ4n) is 2.39. The van der Waals surface area contributed by atoms with Crippen molar-refractivity contribution in [2.45, 2.75) is 19.9 Å². The molecule has 2 heterocycles. The largest absolute Gasteiger partial charge is 0.459 e. The quantitative estimate of drug-likeness (QED) is 0.662. The number of carbonyl (C=O) groups is 2. The first kappa shape index (κ1) is 15.5. The Kier molecular flexibility index (Phi) is 4.05. The number of para-hydroxylation sites is 1. The average Bonchev–Trinajstić information content (AvgIpc) is 3.19. The molecule has 0 aliphatic heterocycles. The lowest BCUT2D eigenvalue weighted by Gasteiger charge is -2.22. The number of rotatable bonds is 4. The molecule has 0 fully saturated rings. The number of nitrogens with zero attached hydrogens (tertiary/aromatic N) is 1. The van der Waals surface area contributed by atoms with E-state index in [1.165, 1.54) is 18.3 Å². The van der Waals surface area contributed by atoms with Gasteiger partial charge in [-0.05, 0) is 38.1 Å². The summed E-state index contributed by atoms with van der Waals surface area (Å²) in [4.78, 5) is 26.8. The van der Waals surface area contributed by atoms with Gasteiger partial charge in [-0.15, -0.1) is 11.3 Å². The minimum absolute atomic E-state index is 0.0259. The maximum absolute atomic E-state index is 12.6. The highest BCUT2D eigenvalue weighted by Gasteiger charge is 2.23. The molecule has 4 nitrogen and oxygen atoms in total. The number of hydrogen-bond acceptors (Lipinski definition) is 4. The predicted octanol–water partition coefficient (Wildman–Crippen LogP) is 4.53. The lowest BCUT2D eigenvalue weighted by Crippen LogP contribution is -2.28. The van der Waals surface area contributed by atoms with Crippen molar-refractivity contribution >= 4 is 34.0 Å². The van der Waals surface area contributed by atoms with E-state index in [9.17, 15) is 9.59 Å². The van der Waals surface area contributed by atoms with Crippen LogP contribution in [0.1, 0.15) is 45.0 Å². The number of ketones is 1. The fourth-order valence-corrected chi connectivity index (χ4v) is 3.28. The molecule has 0 saturated heterocycles. The molecule has 118 valence electrons. The normalized spacial score (nSPS) is 12.3. The van der Waals surface area contributed by atoms with E-state index in [0.29, 0.717) is 9.75 Å². The van der Waals surface area contributed by atoms with Gasteiger partial charge in [-0.3, -0.25) is 9.59 Å². The first-order valence-electron chi connectivity index (χ1n) is 7.34. The summed E-state index contributed by atoms with van der Waals surface area (Å²) in [5, 5.41) is 1.02. The molecule has 0 unspecified atom stereocenters. The molecule has 0 radical (unpaired) electrons. The standard InChI is InChI=1S/C18H17NO3S/c1-11(15-10-13-6-4-5-7-14(13)22-15)19(3)18(21)17-9-8-16(23-17)12(2)20/h4-11H,1-3H3/t11-/m0/s1. The van der Waals surface area contributed by atoms with Gasteiger partial charge in [0.2, 0.25) is 0 Å². The third-order valence-electron chi connectivity index (χ3n) is 3.92. The molecule has 0 bridgehead atoms. The Morgan fingerprint density at radius 3 is 2.48 bits per heavy atom. The summed E-state index contributed by atoms with van der Waals surface area (Å²) in [6, 6.07) is 12.9. The van der Waals surface area contributed by atoms with E-state index in [0.717, 1.165) is 16.7 Å². The van der Waals surface area contributed by atoms with Crippen molar-refractivity contribution in [3.8, 4) is 0 Å². The molecule has 23 heavy (non-hydrogen) atoms. The summed E-state index contributed by atoms with van der Waals surface area (Å²) in [5.41, 5.74) is 0.810. The summed E-state index contributed by atoms with van der Waals surface area (Å²) in [5.74, 6) is 0.600.